The van der Waals surface area contributed by atoms with Gasteiger partial charge in [-0.3, -0.25) is 9.59 Å². The van der Waals surface area contributed by atoms with Crippen molar-refractivity contribution < 1.29 is 9.59 Å². The number of hydrogen-bond donors (Lipinski definition) is 0. The Morgan fingerprint density at radius 1 is 1.04 bits per heavy atom. The highest BCUT2D eigenvalue weighted by Gasteiger charge is 2.11. The van der Waals surface area contributed by atoms with Gasteiger partial charge in [0.2, 0.25) is 0 Å². The molecule has 0 saturated heterocycles. The number of nitrogens with zero attached hydrogens (tertiary/aromatic N) is 3. The first kappa shape index (κ1) is 19.0. The summed E-state index contributed by atoms with van der Waals surface area (Å²) in [4.78, 5) is 23.9. The fourth-order valence-corrected chi connectivity index (χ4v) is 2.64. The van der Waals surface area contributed by atoms with Gasteiger partial charge in [0.05, 0.1) is 6.20 Å². The molecule has 0 N–H and O–H groups in total. The lowest BCUT2D eigenvalue weighted by Gasteiger charge is -2.04. The second-order valence-electron chi connectivity index (χ2n) is 7.17. The van der Waals surface area contributed by atoms with Gasteiger partial charge in [-0.1, -0.05) is 43.3 Å². The Hall–Kier alpha value is -2.30. The van der Waals surface area contributed by atoms with Crippen LogP contribution >= 0.6 is 0 Å². The molecule has 0 aliphatic rings. The predicted molar refractivity (Wildman–Crippen MR) is 98.5 cm³/mol. The van der Waals surface area contributed by atoms with E-state index in [2.05, 4.69) is 10.3 Å². The summed E-state index contributed by atoms with van der Waals surface area (Å²) < 4.78 is 1.81. The SMILES string of the molecule is CC(C)CC(=O)CCCC(=O)c1ccc(-c2cn(C(C)C)nn2)cc1. The highest BCUT2D eigenvalue weighted by atomic mass is 16.1. The highest BCUT2D eigenvalue weighted by Crippen LogP contribution is 2.19. The van der Waals surface area contributed by atoms with E-state index in [0.717, 1.165) is 11.3 Å². The summed E-state index contributed by atoms with van der Waals surface area (Å²) in [5.74, 6) is 0.700. The molecule has 2 rings (SSSR count). The molecule has 0 atom stereocenters. The van der Waals surface area contributed by atoms with Crippen LogP contribution in [0.5, 0.6) is 0 Å². The molecule has 2 aromatic rings. The second-order valence-corrected chi connectivity index (χ2v) is 7.17. The molecule has 0 aliphatic carbocycles. The van der Waals surface area contributed by atoms with E-state index < -0.39 is 0 Å². The molecule has 0 aliphatic heterocycles. The lowest BCUT2D eigenvalue weighted by atomic mass is 9.99. The fraction of sp³-hybridized carbons (Fsp3) is 0.500. The van der Waals surface area contributed by atoms with Gasteiger partial charge in [-0.2, -0.15) is 0 Å². The highest BCUT2D eigenvalue weighted by molar-refractivity contribution is 5.96. The summed E-state index contributed by atoms with van der Waals surface area (Å²) >= 11 is 0. The summed E-state index contributed by atoms with van der Waals surface area (Å²) in [5.41, 5.74) is 2.42. The van der Waals surface area contributed by atoms with Gasteiger partial charge in [0.25, 0.3) is 0 Å². The third-order valence-corrected chi connectivity index (χ3v) is 4.04. The molecule has 1 heterocycles. The Kier molecular flexibility index (Phi) is 6.62. The maximum atomic E-state index is 12.2. The molecule has 0 amide bonds. The van der Waals surface area contributed by atoms with Crippen molar-refractivity contribution >= 4 is 11.6 Å². The molecule has 0 spiro atoms. The fourth-order valence-electron chi connectivity index (χ4n) is 2.64. The van der Waals surface area contributed by atoms with Crippen LogP contribution in [0.3, 0.4) is 0 Å². The monoisotopic (exact) mass is 341 g/mol. The number of ketones is 2. The smallest absolute Gasteiger partial charge is 0.162 e. The normalized spacial score (nSPS) is 11.3. The third kappa shape index (κ3) is 5.62. The van der Waals surface area contributed by atoms with Crippen LogP contribution in [-0.4, -0.2) is 26.6 Å². The largest absolute Gasteiger partial charge is 0.300 e. The van der Waals surface area contributed by atoms with Crippen molar-refractivity contribution in [3.8, 4) is 11.3 Å². The van der Waals surface area contributed by atoms with Crippen LogP contribution in [0.25, 0.3) is 11.3 Å². The summed E-state index contributed by atoms with van der Waals surface area (Å²) in [7, 11) is 0. The molecular weight excluding hydrogens is 314 g/mol. The number of aromatic nitrogens is 3. The molecule has 0 bridgehead atoms. The van der Waals surface area contributed by atoms with E-state index in [9.17, 15) is 9.59 Å². The van der Waals surface area contributed by atoms with Crippen molar-refractivity contribution in [2.45, 2.75) is 59.4 Å². The maximum absolute atomic E-state index is 12.2. The lowest BCUT2D eigenvalue weighted by molar-refractivity contribution is -0.119. The first-order chi connectivity index (χ1) is 11.9. The topological polar surface area (TPSA) is 64.8 Å². The van der Waals surface area contributed by atoms with E-state index in [1.165, 1.54) is 0 Å². The van der Waals surface area contributed by atoms with Crippen LogP contribution in [-0.2, 0) is 4.79 Å². The van der Waals surface area contributed by atoms with Crippen LogP contribution in [0.1, 0.15) is 69.8 Å². The van der Waals surface area contributed by atoms with Gasteiger partial charge < -0.3 is 0 Å². The number of Topliss-reactive ketones (excluding diaryl/α,β-unsaturated/α-hetero) is 2. The number of rotatable bonds is 9. The molecule has 25 heavy (non-hydrogen) atoms. The van der Waals surface area contributed by atoms with Crippen molar-refractivity contribution in [2.24, 2.45) is 5.92 Å². The molecule has 5 nitrogen and oxygen atoms in total. The molecular formula is C20H27N3O2. The summed E-state index contributed by atoms with van der Waals surface area (Å²) in [6, 6.07) is 7.70. The van der Waals surface area contributed by atoms with Crippen LogP contribution in [0.15, 0.2) is 30.5 Å². The van der Waals surface area contributed by atoms with Crippen molar-refractivity contribution in [3.05, 3.63) is 36.0 Å². The van der Waals surface area contributed by atoms with Crippen molar-refractivity contribution in [2.75, 3.05) is 0 Å². The van der Waals surface area contributed by atoms with Crippen molar-refractivity contribution in [1.29, 1.82) is 0 Å². The van der Waals surface area contributed by atoms with Gasteiger partial charge in [0, 0.05) is 36.4 Å². The van der Waals surface area contributed by atoms with Gasteiger partial charge in [-0.25, -0.2) is 4.68 Å². The minimum absolute atomic E-state index is 0.0785. The molecule has 0 saturated carbocycles. The van der Waals surface area contributed by atoms with E-state index in [1.807, 2.05) is 62.8 Å². The summed E-state index contributed by atoms with van der Waals surface area (Å²) in [6.07, 6.45) is 4.02. The van der Waals surface area contributed by atoms with Gasteiger partial charge >= 0.3 is 0 Å². The van der Waals surface area contributed by atoms with Crippen molar-refractivity contribution in [1.82, 2.24) is 15.0 Å². The van der Waals surface area contributed by atoms with Gasteiger partial charge in [0.15, 0.2) is 5.78 Å². The molecule has 0 fully saturated rings. The number of carbonyl (C=O) groups excluding carboxylic acids is 2. The number of hydrogen-bond acceptors (Lipinski definition) is 4. The molecule has 0 radical (unpaired) electrons. The lowest BCUT2D eigenvalue weighted by Crippen LogP contribution is -2.05. The minimum Gasteiger partial charge on any atom is -0.300 e. The number of benzene rings is 1. The first-order valence-electron chi connectivity index (χ1n) is 8.94. The van der Waals surface area contributed by atoms with Gasteiger partial charge in [-0.05, 0) is 26.2 Å². The zero-order chi connectivity index (χ0) is 18.4. The predicted octanol–water partition coefficient (Wildman–Crippen LogP) is 4.49. The van der Waals surface area contributed by atoms with Crippen LogP contribution in [0, 0.1) is 5.92 Å². The summed E-state index contributed by atoms with van der Waals surface area (Å²) in [6.45, 7) is 8.16. The second kappa shape index (κ2) is 8.70. The van der Waals surface area contributed by atoms with E-state index in [4.69, 9.17) is 0 Å². The Labute approximate surface area is 149 Å². The molecule has 5 heteroatoms. The Morgan fingerprint density at radius 3 is 2.28 bits per heavy atom. The third-order valence-electron chi connectivity index (χ3n) is 4.04. The number of carbonyl (C=O) groups is 2. The standard InChI is InChI=1S/C20H27N3O2/c1-14(2)12-18(24)6-5-7-20(25)17-10-8-16(9-11-17)19-13-23(15(3)4)22-21-19/h8-11,13-15H,5-7,12H2,1-4H3. The minimum atomic E-state index is 0.0785. The Morgan fingerprint density at radius 2 is 1.72 bits per heavy atom. The van der Waals surface area contributed by atoms with E-state index in [1.54, 1.807) is 0 Å². The van der Waals surface area contributed by atoms with E-state index in [-0.39, 0.29) is 17.6 Å². The van der Waals surface area contributed by atoms with Gasteiger partial charge in [0.1, 0.15) is 11.5 Å². The molecule has 0 unspecified atom stereocenters. The van der Waals surface area contributed by atoms with Crippen LogP contribution in [0.2, 0.25) is 0 Å². The quantitative estimate of drug-likeness (QED) is 0.630. The average Bonchev–Trinajstić information content (AvgIpc) is 3.04. The molecule has 1 aromatic heterocycles. The van der Waals surface area contributed by atoms with Crippen molar-refractivity contribution in [3.63, 3.8) is 0 Å². The zero-order valence-corrected chi connectivity index (χ0v) is 15.5. The Balaban J connectivity index is 1.90. The maximum Gasteiger partial charge on any atom is 0.162 e. The Bertz CT molecular complexity index is 715. The van der Waals surface area contributed by atoms with Crippen LogP contribution in [0.4, 0.5) is 0 Å². The molecule has 134 valence electrons. The van der Waals surface area contributed by atoms with E-state index >= 15 is 0 Å². The van der Waals surface area contributed by atoms with Crippen LogP contribution < -0.4 is 0 Å². The average molecular weight is 341 g/mol. The summed E-state index contributed by atoms with van der Waals surface area (Å²) in [5, 5.41) is 8.26. The first-order valence-corrected chi connectivity index (χ1v) is 8.94. The zero-order valence-electron chi connectivity index (χ0n) is 15.5. The van der Waals surface area contributed by atoms with E-state index in [0.29, 0.717) is 37.2 Å². The van der Waals surface area contributed by atoms with Gasteiger partial charge in [-0.15, -0.1) is 5.10 Å². The molecule has 1 aromatic carbocycles.